The molecule has 1 aliphatic rings. The van der Waals surface area contributed by atoms with Crippen molar-refractivity contribution in [3.8, 4) is 0 Å². The van der Waals surface area contributed by atoms with Crippen LogP contribution in [0.2, 0.25) is 0 Å². The maximum absolute atomic E-state index is 11.2. The quantitative estimate of drug-likeness (QED) is 0.529. The van der Waals surface area contributed by atoms with Gasteiger partial charge in [-0.05, 0) is 13.8 Å². The Kier molecular flexibility index (Phi) is 2.82. The Morgan fingerprint density at radius 3 is 2.33 bits per heavy atom. The molecule has 1 aliphatic heterocycles. The van der Waals surface area contributed by atoms with Crippen molar-refractivity contribution in [2.24, 2.45) is 0 Å². The lowest BCUT2D eigenvalue weighted by Gasteiger charge is -2.37. The van der Waals surface area contributed by atoms with Crippen LogP contribution in [-0.4, -0.2) is 42.5 Å². The van der Waals surface area contributed by atoms with Gasteiger partial charge in [0.2, 0.25) is 0 Å². The van der Waals surface area contributed by atoms with Gasteiger partial charge in [0, 0.05) is 26.2 Å². The van der Waals surface area contributed by atoms with Crippen molar-refractivity contribution in [3.63, 3.8) is 0 Å². The van der Waals surface area contributed by atoms with Crippen LogP contribution in [0.15, 0.2) is 0 Å². The average molecular weight is 172 g/mol. The van der Waals surface area contributed by atoms with Gasteiger partial charge in [0.05, 0.1) is 0 Å². The summed E-state index contributed by atoms with van der Waals surface area (Å²) in [4.78, 5) is 13.4. The third-order valence-electron chi connectivity index (χ3n) is 2.59. The Labute approximate surface area is 73.1 Å². The molecular formula is C8H18N3O+. The first-order valence-electron chi connectivity index (χ1n) is 4.37. The Balaban J connectivity index is 2.59. The molecule has 0 atom stereocenters. The molecule has 1 saturated heterocycles. The van der Waals surface area contributed by atoms with Crippen molar-refractivity contribution >= 4 is 5.91 Å². The summed E-state index contributed by atoms with van der Waals surface area (Å²) in [5.41, 5.74) is 3.10. The van der Waals surface area contributed by atoms with Crippen molar-refractivity contribution in [3.05, 3.63) is 0 Å². The largest absolute Gasteiger partial charge is 0.328 e. The van der Waals surface area contributed by atoms with Gasteiger partial charge in [-0.15, -0.1) is 0 Å². The van der Waals surface area contributed by atoms with Crippen molar-refractivity contribution in [1.29, 1.82) is 0 Å². The maximum atomic E-state index is 11.2. The summed E-state index contributed by atoms with van der Waals surface area (Å²) < 4.78 is 0. The fourth-order valence-electron chi connectivity index (χ4n) is 1.40. The second-order valence-electron chi connectivity index (χ2n) is 3.72. The van der Waals surface area contributed by atoms with Crippen molar-refractivity contribution < 1.29 is 10.5 Å². The minimum Gasteiger partial charge on any atom is -0.314 e. The highest BCUT2D eigenvalue weighted by Crippen LogP contribution is 2.12. The number of rotatable bonds is 2. The van der Waals surface area contributed by atoms with Crippen molar-refractivity contribution in [1.82, 2.24) is 10.2 Å². The van der Waals surface area contributed by atoms with E-state index in [9.17, 15) is 4.79 Å². The van der Waals surface area contributed by atoms with Crippen molar-refractivity contribution in [2.75, 3.05) is 26.2 Å². The monoisotopic (exact) mass is 172 g/mol. The maximum Gasteiger partial charge on any atom is 0.328 e. The first kappa shape index (κ1) is 9.64. The highest BCUT2D eigenvalue weighted by atomic mass is 16.1. The molecule has 0 aromatic rings. The molecule has 0 bridgehead atoms. The van der Waals surface area contributed by atoms with Crippen LogP contribution in [0.1, 0.15) is 13.8 Å². The Hall–Kier alpha value is -0.450. The van der Waals surface area contributed by atoms with Crippen LogP contribution in [-0.2, 0) is 4.79 Å². The van der Waals surface area contributed by atoms with E-state index in [0.717, 1.165) is 26.2 Å². The molecule has 1 heterocycles. The molecule has 0 aliphatic carbocycles. The van der Waals surface area contributed by atoms with Crippen LogP contribution in [0, 0.1) is 0 Å². The summed E-state index contributed by atoms with van der Waals surface area (Å²) in [6, 6.07) is 0. The number of carbonyl (C=O) groups excluding carboxylic acids is 1. The first-order chi connectivity index (χ1) is 5.55. The van der Waals surface area contributed by atoms with Gasteiger partial charge in [0.1, 0.15) is 5.54 Å². The SMILES string of the molecule is CC(C)(C([NH3+])=O)N1CCNCC1. The van der Waals surface area contributed by atoms with Crippen LogP contribution in [0.25, 0.3) is 0 Å². The first-order valence-corrected chi connectivity index (χ1v) is 4.37. The third kappa shape index (κ3) is 1.83. The Morgan fingerprint density at radius 2 is 1.92 bits per heavy atom. The van der Waals surface area contributed by atoms with Gasteiger partial charge >= 0.3 is 5.91 Å². The number of piperazine rings is 1. The van der Waals surface area contributed by atoms with E-state index in [1.54, 1.807) is 0 Å². The molecule has 0 radical (unpaired) electrons. The predicted molar refractivity (Wildman–Crippen MR) is 46.4 cm³/mol. The van der Waals surface area contributed by atoms with Gasteiger partial charge in [-0.1, -0.05) is 0 Å². The molecule has 4 N–H and O–H groups in total. The van der Waals surface area contributed by atoms with E-state index in [0.29, 0.717) is 0 Å². The smallest absolute Gasteiger partial charge is 0.314 e. The highest BCUT2D eigenvalue weighted by molar-refractivity contribution is 5.75. The fraction of sp³-hybridized carbons (Fsp3) is 0.875. The number of hydrogen-bond donors (Lipinski definition) is 2. The minimum atomic E-state index is -0.387. The fourth-order valence-corrected chi connectivity index (χ4v) is 1.40. The van der Waals surface area contributed by atoms with Gasteiger partial charge in [-0.3, -0.25) is 10.6 Å². The number of nitrogens with zero attached hydrogens (tertiary/aromatic N) is 1. The second-order valence-corrected chi connectivity index (χ2v) is 3.72. The van der Waals surface area contributed by atoms with E-state index in [1.807, 2.05) is 13.8 Å². The molecule has 4 nitrogen and oxygen atoms in total. The summed E-state index contributed by atoms with van der Waals surface area (Å²) >= 11 is 0. The predicted octanol–water partition coefficient (Wildman–Crippen LogP) is -1.56. The van der Waals surface area contributed by atoms with Gasteiger partial charge in [-0.2, -0.15) is 0 Å². The number of carbonyl (C=O) groups is 1. The molecule has 0 spiro atoms. The summed E-state index contributed by atoms with van der Waals surface area (Å²) in [7, 11) is 0. The number of amides is 1. The van der Waals surface area contributed by atoms with Gasteiger partial charge in [0.25, 0.3) is 0 Å². The number of quaternary nitrogens is 1. The molecule has 12 heavy (non-hydrogen) atoms. The van der Waals surface area contributed by atoms with Gasteiger partial charge < -0.3 is 5.32 Å². The lowest BCUT2D eigenvalue weighted by atomic mass is 10.0. The van der Waals surface area contributed by atoms with E-state index in [-0.39, 0.29) is 11.4 Å². The van der Waals surface area contributed by atoms with Crippen LogP contribution in [0.3, 0.4) is 0 Å². The van der Waals surface area contributed by atoms with Crippen LogP contribution < -0.4 is 11.1 Å². The molecular weight excluding hydrogens is 154 g/mol. The molecule has 70 valence electrons. The molecule has 0 aromatic heterocycles. The molecule has 1 rings (SSSR count). The van der Waals surface area contributed by atoms with E-state index >= 15 is 0 Å². The lowest BCUT2D eigenvalue weighted by Crippen LogP contribution is -2.72. The summed E-state index contributed by atoms with van der Waals surface area (Å²) in [5, 5.41) is 3.25. The molecule has 0 saturated carbocycles. The summed E-state index contributed by atoms with van der Waals surface area (Å²) in [5.74, 6) is 0.00407. The Morgan fingerprint density at radius 1 is 1.42 bits per heavy atom. The average Bonchev–Trinajstić information content (AvgIpc) is 2.06. The van der Waals surface area contributed by atoms with E-state index in [2.05, 4.69) is 16.0 Å². The van der Waals surface area contributed by atoms with Crippen LogP contribution in [0.4, 0.5) is 0 Å². The molecule has 0 aromatic carbocycles. The zero-order valence-electron chi connectivity index (χ0n) is 7.89. The van der Waals surface area contributed by atoms with Gasteiger partial charge in [-0.25, -0.2) is 4.79 Å². The molecule has 1 amide bonds. The zero-order valence-corrected chi connectivity index (χ0v) is 7.89. The summed E-state index contributed by atoms with van der Waals surface area (Å²) in [6.45, 7) is 7.69. The Bertz CT molecular complexity index is 173. The normalized spacial score (nSPS) is 20.9. The molecule has 0 unspecified atom stereocenters. The molecule has 1 fully saturated rings. The topological polar surface area (TPSA) is 60.0 Å². The van der Waals surface area contributed by atoms with Crippen LogP contribution in [0.5, 0.6) is 0 Å². The highest BCUT2D eigenvalue weighted by Gasteiger charge is 2.35. The van der Waals surface area contributed by atoms with E-state index in [1.165, 1.54) is 0 Å². The number of nitrogens with one attached hydrogen (secondary N) is 1. The van der Waals surface area contributed by atoms with E-state index < -0.39 is 0 Å². The second kappa shape index (κ2) is 3.51. The van der Waals surface area contributed by atoms with Crippen LogP contribution >= 0.6 is 0 Å². The van der Waals surface area contributed by atoms with Gasteiger partial charge in [0.15, 0.2) is 0 Å². The molecule has 4 heteroatoms. The zero-order chi connectivity index (χ0) is 9.19. The van der Waals surface area contributed by atoms with E-state index in [4.69, 9.17) is 0 Å². The lowest BCUT2D eigenvalue weighted by molar-refractivity contribution is -0.318. The van der Waals surface area contributed by atoms with Crippen molar-refractivity contribution in [2.45, 2.75) is 19.4 Å². The standard InChI is InChI=1S/C8H17N3O/c1-8(2,7(9)12)11-5-3-10-4-6-11/h10H,3-6H2,1-2H3,(H2,9,12)/p+1. The minimum absolute atomic E-state index is 0.00407. The third-order valence-corrected chi connectivity index (χ3v) is 2.59. The summed E-state index contributed by atoms with van der Waals surface area (Å²) in [6.07, 6.45) is 0. The number of hydrogen-bond acceptors (Lipinski definition) is 3.